The van der Waals surface area contributed by atoms with Crippen molar-refractivity contribution >= 4 is 11.4 Å². The van der Waals surface area contributed by atoms with E-state index in [2.05, 4.69) is 19.2 Å². The molecule has 1 N–H and O–H groups in total. The predicted molar refractivity (Wildman–Crippen MR) is 79.2 cm³/mol. The Bertz CT molecular complexity index is 490. The molecule has 1 aliphatic rings. The summed E-state index contributed by atoms with van der Waals surface area (Å²) in [6, 6.07) is 5.44. The molecule has 0 radical (unpaired) electrons. The predicted octanol–water partition coefficient (Wildman–Crippen LogP) is 3.84. The lowest BCUT2D eigenvalue weighted by Gasteiger charge is -2.35. The molecule has 5 nitrogen and oxygen atoms in total. The molecular weight excluding hydrogens is 256 g/mol. The maximum absolute atomic E-state index is 11.0. The molecule has 1 aromatic rings. The van der Waals surface area contributed by atoms with Gasteiger partial charge in [-0.25, -0.2) is 0 Å². The Hall–Kier alpha value is -1.78. The fourth-order valence-electron chi connectivity index (χ4n) is 2.92. The highest BCUT2D eigenvalue weighted by atomic mass is 16.6. The van der Waals surface area contributed by atoms with Gasteiger partial charge in [0, 0.05) is 17.8 Å². The lowest BCUT2D eigenvalue weighted by atomic mass is 9.78. The Morgan fingerprint density at radius 2 is 2.10 bits per heavy atom. The summed E-state index contributed by atoms with van der Waals surface area (Å²) >= 11 is 0. The fraction of sp³-hybridized carbons (Fsp3) is 0.600. The van der Waals surface area contributed by atoms with E-state index in [0.29, 0.717) is 23.6 Å². The summed E-state index contributed by atoms with van der Waals surface area (Å²) in [5, 5.41) is 14.5. The molecule has 0 aromatic heterocycles. The smallest absolute Gasteiger partial charge is 0.312 e. The van der Waals surface area contributed by atoms with Crippen molar-refractivity contribution < 1.29 is 9.66 Å². The number of nitrogens with zero attached hydrogens (tertiary/aromatic N) is 1. The highest BCUT2D eigenvalue weighted by Gasteiger charge is 2.27. The highest BCUT2D eigenvalue weighted by molar-refractivity contribution is 5.58. The quantitative estimate of drug-likeness (QED) is 0.671. The Morgan fingerprint density at radius 1 is 1.35 bits per heavy atom. The summed E-state index contributed by atoms with van der Waals surface area (Å²) in [5.41, 5.74) is 0.803. The highest BCUT2D eigenvalue weighted by Crippen LogP contribution is 2.34. The molecular formula is C15H22N2O3. The average molecular weight is 278 g/mol. The number of rotatable bonds is 4. The summed E-state index contributed by atoms with van der Waals surface area (Å²) in [5.74, 6) is 1.56. The van der Waals surface area contributed by atoms with Gasteiger partial charge in [0.1, 0.15) is 0 Å². The van der Waals surface area contributed by atoms with E-state index in [1.165, 1.54) is 20.0 Å². The molecule has 1 aliphatic carbocycles. The maximum Gasteiger partial charge on any atom is 0.312 e. The second kappa shape index (κ2) is 6.11. The number of anilines is 1. The zero-order valence-electron chi connectivity index (χ0n) is 12.3. The molecule has 3 unspecified atom stereocenters. The third-order valence-electron chi connectivity index (χ3n) is 4.43. The molecule has 1 aromatic carbocycles. The second-order valence-electron chi connectivity index (χ2n) is 5.66. The first-order chi connectivity index (χ1) is 9.52. The minimum absolute atomic E-state index is 0.00834. The van der Waals surface area contributed by atoms with E-state index in [0.717, 1.165) is 12.1 Å². The number of hydrogen-bond donors (Lipinski definition) is 1. The van der Waals surface area contributed by atoms with Crippen LogP contribution in [0.25, 0.3) is 0 Å². The van der Waals surface area contributed by atoms with Crippen LogP contribution in [0.1, 0.15) is 33.1 Å². The van der Waals surface area contributed by atoms with Crippen molar-refractivity contribution in [2.45, 2.75) is 39.2 Å². The van der Waals surface area contributed by atoms with Gasteiger partial charge >= 0.3 is 5.69 Å². The van der Waals surface area contributed by atoms with Crippen LogP contribution in [0.15, 0.2) is 18.2 Å². The number of methoxy groups -OCH3 is 1. The van der Waals surface area contributed by atoms with Gasteiger partial charge in [0.25, 0.3) is 0 Å². The Kier molecular flexibility index (Phi) is 4.47. The van der Waals surface area contributed by atoms with Crippen LogP contribution in [0.5, 0.6) is 5.75 Å². The van der Waals surface area contributed by atoms with Gasteiger partial charge in [0.2, 0.25) is 0 Å². The number of nitrogens with one attached hydrogen (secondary N) is 1. The van der Waals surface area contributed by atoms with Crippen molar-refractivity contribution in [1.29, 1.82) is 0 Å². The molecule has 0 aliphatic heterocycles. The van der Waals surface area contributed by atoms with Crippen molar-refractivity contribution in [1.82, 2.24) is 0 Å². The van der Waals surface area contributed by atoms with Crippen LogP contribution in [-0.4, -0.2) is 18.1 Å². The van der Waals surface area contributed by atoms with Crippen molar-refractivity contribution in [3.8, 4) is 5.75 Å². The minimum Gasteiger partial charge on any atom is -0.490 e. The third-order valence-corrected chi connectivity index (χ3v) is 4.43. The molecule has 1 fully saturated rings. The molecule has 3 atom stereocenters. The topological polar surface area (TPSA) is 64.4 Å². The van der Waals surface area contributed by atoms with E-state index >= 15 is 0 Å². The Balaban J connectivity index is 2.17. The standard InChI is InChI=1S/C15H22N2O3/c1-10-5-4-6-13(11(10)2)16-12-7-8-15(20-3)14(9-12)17(18)19/h7-11,13,16H,4-6H2,1-3H3. The largest absolute Gasteiger partial charge is 0.490 e. The van der Waals surface area contributed by atoms with E-state index < -0.39 is 4.92 Å². The normalized spacial score (nSPS) is 26.1. The molecule has 1 saturated carbocycles. The maximum atomic E-state index is 11.0. The first kappa shape index (κ1) is 14.6. The first-order valence-electron chi connectivity index (χ1n) is 7.12. The molecule has 110 valence electrons. The van der Waals surface area contributed by atoms with Crippen LogP contribution in [0.2, 0.25) is 0 Å². The van der Waals surface area contributed by atoms with Crippen LogP contribution >= 0.6 is 0 Å². The summed E-state index contributed by atoms with van der Waals surface area (Å²) in [7, 11) is 1.44. The SMILES string of the molecule is COc1ccc(NC2CCCC(C)C2C)cc1[N+](=O)[O-]. The summed E-state index contributed by atoms with van der Waals surface area (Å²) in [6.45, 7) is 4.52. The minimum atomic E-state index is -0.406. The number of nitro benzene ring substituents is 1. The van der Waals surface area contributed by atoms with E-state index in [4.69, 9.17) is 4.74 Å². The van der Waals surface area contributed by atoms with Gasteiger partial charge in [-0.1, -0.05) is 26.7 Å². The van der Waals surface area contributed by atoms with E-state index in [1.807, 2.05) is 6.07 Å². The van der Waals surface area contributed by atoms with Crippen LogP contribution < -0.4 is 10.1 Å². The molecule has 20 heavy (non-hydrogen) atoms. The number of hydrogen-bond acceptors (Lipinski definition) is 4. The average Bonchev–Trinajstić information content (AvgIpc) is 2.43. The second-order valence-corrected chi connectivity index (χ2v) is 5.66. The van der Waals surface area contributed by atoms with Gasteiger partial charge in [-0.3, -0.25) is 10.1 Å². The monoisotopic (exact) mass is 278 g/mol. The van der Waals surface area contributed by atoms with Crippen LogP contribution in [-0.2, 0) is 0 Å². The molecule has 5 heteroatoms. The number of nitro groups is 1. The summed E-state index contributed by atoms with van der Waals surface area (Å²) in [4.78, 5) is 10.6. The zero-order valence-corrected chi connectivity index (χ0v) is 12.3. The lowest BCUT2D eigenvalue weighted by molar-refractivity contribution is -0.385. The van der Waals surface area contributed by atoms with Crippen molar-refractivity contribution in [3.05, 3.63) is 28.3 Å². The van der Waals surface area contributed by atoms with Gasteiger partial charge in [-0.15, -0.1) is 0 Å². The van der Waals surface area contributed by atoms with Gasteiger partial charge in [-0.05, 0) is 30.4 Å². The van der Waals surface area contributed by atoms with Gasteiger partial charge in [0.15, 0.2) is 5.75 Å². The van der Waals surface area contributed by atoms with E-state index in [-0.39, 0.29) is 5.69 Å². The Labute approximate surface area is 119 Å². The van der Waals surface area contributed by atoms with Crippen LogP contribution in [0.4, 0.5) is 11.4 Å². The molecule has 0 amide bonds. The fourth-order valence-corrected chi connectivity index (χ4v) is 2.92. The van der Waals surface area contributed by atoms with Gasteiger partial charge in [0.05, 0.1) is 12.0 Å². The third kappa shape index (κ3) is 3.03. The van der Waals surface area contributed by atoms with Crippen molar-refractivity contribution in [2.24, 2.45) is 11.8 Å². The van der Waals surface area contributed by atoms with Crippen molar-refractivity contribution in [3.63, 3.8) is 0 Å². The lowest BCUT2D eigenvalue weighted by Crippen LogP contribution is -2.34. The Morgan fingerprint density at radius 3 is 2.75 bits per heavy atom. The van der Waals surface area contributed by atoms with Crippen LogP contribution in [0, 0.1) is 22.0 Å². The summed E-state index contributed by atoms with van der Waals surface area (Å²) < 4.78 is 5.02. The van der Waals surface area contributed by atoms with E-state index in [1.54, 1.807) is 12.1 Å². The molecule has 0 heterocycles. The van der Waals surface area contributed by atoms with Crippen molar-refractivity contribution in [2.75, 3.05) is 12.4 Å². The number of benzene rings is 1. The molecule has 0 bridgehead atoms. The van der Waals surface area contributed by atoms with Gasteiger partial charge in [-0.2, -0.15) is 0 Å². The first-order valence-corrected chi connectivity index (χ1v) is 7.12. The zero-order chi connectivity index (χ0) is 14.7. The number of ether oxygens (including phenoxy) is 1. The van der Waals surface area contributed by atoms with E-state index in [9.17, 15) is 10.1 Å². The molecule has 0 saturated heterocycles. The summed E-state index contributed by atoms with van der Waals surface area (Å²) in [6.07, 6.45) is 3.59. The van der Waals surface area contributed by atoms with Gasteiger partial charge < -0.3 is 10.1 Å². The van der Waals surface area contributed by atoms with Crippen LogP contribution in [0.3, 0.4) is 0 Å². The molecule has 2 rings (SSSR count). The molecule has 0 spiro atoms.